The summed E-state index contributed by atoms with van der Waals surface area (Å²) in [5.74, 6) is 0.833. The first kappa shape index (κ1) is 17.9. The number of nitrogens with zero attached hydrogens (tertiary/aromatic N) is 3. The lowest BCUT2D eigenvalue weighted by molar-refractivity contribution is 0.00770. The van der Waals surface area contributed by atoms with Crippen molar-refractivity contribution >= 4 is 0 Å². The van der Waals surface area contributed by atoms with E-state index >= 15 is 0 Å². The van der Waals surface area contributed by atoms with Crippen LogP contribution in [-0.2, 0) is 18.4 Å². The Morgan fingerprint density at radius 3 is 2.80 bits per heavy atom. The van der Waals surface area contributed by atoms with E-state index < -0.39 is 6.10 Å². The second-order valence-corrected chi connectivity index (χ2v) is 6.62. The number of hydrogen-bond donors (Lipinski definition) is 1. The Morgan fingerprint density at radius 2 is 2.12 bits per heavy atom. The van der Waals surface area contributed by atoms with Gasteiger partial charge < -0.3 is 14.6 Å². The van der Waals surface area contributed by atoms with Gasteiger partial charge in [0.15, 0.2) is 0 Å². The summed E-state index contributed by atoms with van der Waals surface area (Å²) in [6.45, 7) is 2.46. The van der Waals surface area contributed by atoms with E-state index in [1.54, 1.807) is 7.11 Å². The van der Waals surface area contributed by atoms with Crippen LogP contribution in [0.3, 0.4) is 0 Å². The van der Waals surface area contributed by atoms with Crippen LogP contribution in [0, 0.1) is 0 Å². The van der Waals surface area contributed by atoms with E-state index in [0.717, 1.165) is 30.7 Å². The number of aromatic nitrogens is 2. The number of benzene rings is 1. The molecule has 1 N–H and O–H groups in total. The van der Waals surface area contributed by atoms with E-state index in [1.165, 1.54) is 5.56 Å². The SMILES string of the molecule is COc1ccc(COC[C@H](O)CN2CCC[C@@H]2c2cnn(C)c2)cc1. The molecular weight excluding hydrogens is 318 g/mol. The summed E-state index contributed by atoms with van der Waals surface area (Å²) in [4.78, 5) is 2.33. The quantitative estimate of drug-likeness (QED) is 0.794. The Kier molecular flexibility index (Phi) is 6.07. The molecule has 6 heteroatoms. The largest absolute Gasteiger partial charge is 0.497 e. The second kappa shape index (κ2) is 8.47. The van der Waals surface area contributed by atoms with Crippen molar-refractivity contribution in [3.8, 4) is 5.75 Å². The lowest BCUT2D eigenvalue weighted by Gasteiger charge is -2.26. The first-order valence-corrected chi connectivity index (χ1v) is 8.77. The van der Waals surface area contributed by atoms with Crippen LogP contribution in [0.15, 0.2) is 36.7 Å². The van der Waals surface area contributed by atoms with Gasteiger partial charge in [-0.2, -0.15) is 5.10 Å². The van der Waals surface area contributed by atoms with E-state index in [4.69, 9.17) is 9.47 Å². The number of hydrogen-bond acceptors (Lipinski definition) is 5. The van der Waals surface area contributed by atoms with Gasteiger partial charge in [0.05, 0.1) is 32.6 Å². The zero-order valence-electron chi connectivity index (χ0n) is 15.0. The molecule has 2 heterocycles. The van der Waals surface area contributed by atoms with Gasteiger partial charge in [0.25, 0.3) is 0 Å². The minimum absolute atomic E-state index is 0.336. The Bertz CT molecular complexity index is 656. The van der Waals surface area contributed by atoms with Gasteiger partial charge in [-0.25, -0.2) is 0 Å². The molecule has 25 heavy (non-hydrogen) atoms. The maximum absolute atomic E-state index is 10.3. The van der Waals surface area contributed by atoms with Crippen LogP contribution < -0.4 is 4.74 Å². The molecule has 1 fully saturated rings. The van der Waals surface area contributed by atoms with Crippen molar-refractivity contribution in [2.75, 3.05) is 26.8 Å². The van der Waals surface area contributed by atoms with Crippen molar-refractivity contribution < 1.29 is 14.6 Å². The van der Waals surface area contributed by atoms with E-state index in [0.29, 0.717) is 25.8 Å². The summed E-state index contributed by atoms with van der Waals surface area (Å²) in [5.41, 5.74) is 2.30. The zero-order chi connectivity index (χ0) is 17.6. The topological polar surface area (TPSA) is 59.8 Å². The van der Waals surface area contributed by atoms with Gasteiger partial charge in [0.2, 0.25) is 0 Å². The molecule has 3 rings (SSSR count). The average Bonchev–Trinajstić information content (AvgIpc) is 3.24. The predicted octanol–water partition coefficient (Wildman–Crippen LogP) is 2.14. The van der Waals surface area contributed by atoms with E-state index in [9.17, 15) is 5.11 Å². The van der Waals surface area contributed by atoms with Crippen molar-refractivity contribution in [2.45, 2.75) is 31.6 Å². The number of β-amino-alcohol motifs (C(OH)–C–C–N with tert-alkyl or cyclic N) is 1. The van der Waals surface area contributed by atoms with E-state index in [2.05, 4.69) is 16.2 Å². The summed E-state index contributed by atoms with van der Waals surface area (Å²) >= 11 is 0. The molecule has 2 atom stereocenters. The summed E-state index contributed by atoms with van der Waals surface area (Å²) in [6.07, 6.45) is 5.77. The number of methoxy groups -OCH3 is 1. The number of aliphatic hydroxyl groups excluding tert-OH is 1. The number of aliphatic hydroxyl groups is 1. The third kappa shape index (κ3) is 4.81. The highest BCUT2D eigenvalue weighted by Crippen LogP contribution is 2.31. The van der Waals surface area contributed by atoms with Gasteiger partial charge in [-0.1, -0.05) is 12.1 Å². The molecule has 1 saturated heterocycles. The molecule has 2 aromatic rings. The second-order valence-electron chi connectivity index (χ2n) is 6.62. The highest BCUT2D eigenvalue weighted by atomic mass is 16.5. The van der Waals surface area contributed by atoms with Crippen molar-refractivity contribution in [3.05, 3.63) is 47.8 Å². The van der Waals surface area contributed by atoms with Crippen LogP contribution in [-0.4, -0.2) is 52.7 Å². The van der Waals surface area contributed by atoms with Gasteiger partial charge >= 0.3 is 0 Å². The zero-order valence-corrected chi connectivity index (χ0v) is 15.0. The van der Waals surface area contributed by atoms with Gasteiger partial charge in [-0.15, -0.1) is 0 Å². The van der Waals surface area contributed by atoms with Crippen LogP contribution in [0.4, 0.5) is 0 Å². The highest BCUT2D eigenvalue weighted by molar-refractivity contribution is 5.26. The molecule has 0 amide bonds. The predicted molar refractivity (Wildman–Crippen MR) is 95.4 cm³/mol. The Morgan fingerprint density at radius 1 is 1.32 bits per heavy atom. The third-order valence-electron chi connectivity index (χ3n) is 4.66. The van der Waals surface area contributed by atoms with Crippen molar-refractivity contribution in [1.82, 2.24) is 14.7 Å². The molecule has 0 unspecified atom stereocenters. The van der Waals surface area contributed by atoms with Crippen LogP contribution in [0.5, 0.6) is 5.75 Å². The monoisotopic (exact) mass is 345 g/mol. The Balaban J connectivity index is 1.44. The highest BCUT2D eigenvalue weighted by Gasteiger charge is 2.28. The van der Waals surface area contributed by atoms with E-state index in [-0.39, 0.29) is 0 Å². The van der Waals surface area contributed by atoms with Gasteiger partial charge in [-0.05, 0) is 37.1 Å². The fourth-order valence-electron chi connectivity index (χ4n) is 3.39. The molecule has 6 nitrogen and oxygen atoms in total. The number of aryl methyl sites for hydroxylation is 1. The molecule has 1 aliphatic rings. The van der Waals surface area contributed by atoms with Crippen molar-refractivity contribution in [2.24, 2.45) is 7.05 Å². The number of ether oxygens (including phenoxy) is 2. The smallest absolute Gasteiger partial charge is 0.118 e. The van der Waals surface area contributed by atoms with Crippen LogP contribution in [0.25, 0.3) is 0 Å². The standard InChI is InChI=1S/C19H27N3O3/c1-21-11-16(10-20-21)19-4-3-9-22(19)12-17(23)14-25-13-15-5-7-18(24-2)8-6-15/h5-8,10-11,17,19,23H,3-4,9,12-14H2,1-2H3/t17-,19-/m1/s1. The summed E-state index contributed by atoms with van der Waals surface area (Å²) in [7, 11) is 3.59. The van der Waals surface area contributed by atoms with Crippen LogP contribution in [0.1, 0.15) is 30.0 Å². The summed E-state index contributed by atoms with van der Waals surface area (Å²) < 4.78 is 12.7. The number of likely N-dealkylation sites (tertiary alicyclic amines) is 1. The summed E-state index contributed by atoms with van der Waals surface area (Å²) in [6, 6.07) is 8.13. The maximum atomic E-state index is 10.3. The molecule has 1 aromatic heterocycles. The Labute approximate surface area is 149 Å². The fourth-order valence-corrected chi connectivity index (χ4v) is 3.39. The van der Waals surface area contributed by atoms with Crippen LogP contribution >= 0.6 is 0 Å². The third-order valence-corrected chi connectivity index (χ3v) is 4.66. The van der Waals surface area contributed by atoms with Gasteiger partial charge in [0, 0.05) is 31.4 Å². The Hall–Kier alpha value is -1.89. The average molecular weight is 345 g/mol. The van der Waals surface area contributed by atoms with Crippen LogP contribution in [0.2, 0.25) is 0 Å². The van der Waals surface area contributed by atoms with Gasteiger partial charge in [-0.3, -0.25) is 9.58 Å². The first-order valence-electron chi connectivity index (χ1n) is 8.77. The molecular formula is C19H27N3O3. The molecule has 0 spiro atoms. The number of rotatable bonds is 8. The van der Waals surface area contributed by atoms with Crippen molar-refractivity contribution in [3.63, 3.8) is 0 Å². The normalized spacial score (nSPS) is 19.2. The first-order chi connectivity index (χ1) is 12.2. The molecule has 0 bridgehead atoms. The molecule has 0 aliphatic carbocycles. The minimum atomic E-state index is -0.490. The molecule has 1 aromatic carbocycles. The molecule has 1 aliphatic heterocycles. The van der Waals surface area contributed by atoms with Crippen molar-refractivity contribution in [1.29, 1.82) is 0 Å². The lowest BCUT2D eigenvalue weighted by atomic mass is 10.1. The molecule has 136 valence electrons. The van der Waals surface area contributed by atoms with E-state index in [1.807, 2.05) is 42.2 Å². The minimum Gasteiger partial charge on any atom is -0.497 e. The molecule has 0 radical (unpaired) electrons. The summed E-state index contributed by atoms with van der Waals surface area (Å²) in [5, 5.41) is 14.6. The fraction of sp³-hybridized carbons (Fsp3) is 0.526. The van der Waals surface area contributed by atoms with Gasteiger partial charge in [0.1, 0.15) is 5.75 Å². The molecule has 0 saturated carbocycles. The lowest BCUT2D eigenvalue weighted by Crippen LogP contribution is -2.34. The maximum Gasteiger partial charge on any atom is 0.118 e.